The summed E-state index contributed by atoms with van der Waals surface area (Å²) in [6.07, 6.45) is 0.595. The van der Waals surface area contributed by atoms with Gasteiger partial charge >= 0.3 is 13.5 Å². The Morgan fingerprint density at radius 1 is 1.57 bits per heavy atom. The maximum atomic E-state index is 11.1. The zero-order chi connectivity index (χ0) is 10.6. The molecule has 0 fully saturated rings. The Hall–Kier alpha value is -1.62. The van der Waals surface area contributed by atoms with Crippen molar-refractivity contribution >= 4 is 25.2 Å². The molecule has 0 heterocycles. The SMILES string of the molecule is COC(=O)c1ccc(BO)c(C=O)c1. The van der Waals surface area contributed by atoms with Crippen molar-refractivity contribution in [2.45, 2.75) is 0 Å². The van der Waals surface area contributed by atoms with Gasteiger partial charge in [0.1, 0.15) is 6.29 Å². The minimum atomic E-state index is -0.502. The van der Waals surface area contributed by atoms with Gasteiger partial charge in [0, 0.05) is 5.56 Å². The highest BCUT2D eigenvalue weighted by Gasteiger charge is 2.09. The van der Waals surface area contributed by atoms with E-state index in [0.29, 0.717) is 22.9 Å². The van der Waals surface area contributed by atoms with Crippen molar-refractivity contribution in [2.75, 3.05) is 7.11 Å². The van der Waals surface area contributed by atoms with E-state index in [-0.39, 0.29) is 7.48 Å². The van der Waals surface area contributed by atoms with Crippen molar-refractivity contribution < 1.29 is 19.3 Å². The smallest absolute Gasteiger partial charge is 0.337 e. The van der Waals surface area contributed by atoms with Gasteiger partial charge in [-0.3, -0.25) is 4.79 Å². The topological polar surface area (TPSA) is 63.6 Å². The predicted molar refractivity (Wildman–Crippen MR) is 52.2 cm³/mol. The average molecular weight is 192 g/mol. The highest BCUT2D eigenvalue weighted by molar-refractivity contribution is 6.47. The molecule has 0 aliphatic rings. The van der Waals surface area contributed by atoms with Gasteiger partial charge < -0.3 is 9.76 Å². The van der Waals surface area contributed by atoms with Crippen LogP contribution in [0.15, 0.2) is 18.2 Å². The Morgan fingerprint density at radius 2 is 2.29 bits per heavy atom. The van der Waals surface area contributed by atoms with Crippen molar-refractivity contribution in [2.24, 2.45) is 0 Å². The molecular formula is C9H9BO4. The van der Waals surface area contributed by atoms with Gasteiger partial charge in [-0.1, -0.05) is 6.07 Å². The van der Waals surface area contributed by atoms with E-state index in [0.717, 1.165) is 0 Å². The lowest BCUT2D eigenvalue weighted by Gasteiger charge is -2.03. The molecule has 1 aromatic carbocycles. The maximum Gasteiger partial charge on any atom is 0.337 e. The molecule has 0 aliphatic carbocycles. The summed E-state index contributed by atoms with van der Waals surface area (Å²) in [7, 11) is 1.04. The molecule has 72 valence electrons. The molecule has 0 unspecified atom stereocenters. The summed E-state index contributed by atoms with van der Waals surface area (Å²) in [6.45, 7) is 0. The van der Waals surface area contributed by atoms with Crippen LogP contribution in [0.3, 0.4) is 0 Å². The number of benzene rings is 1. The zero-order valence-electron chi connectivity index (χ0n) is 7.69. The van der Waals surface area contributed by atoms with Crippen molar-refractivity contribution in [3.63, 3.8) is 0 Å². The van der Waals surface area contributed by atoms with Crippen molar-refractivity contribution in [3.8, 4) is 0 Å². The lowest BCUT2D eigenvalue weighted by atomic mass is 9.84. The van der Waals surface area contributed by atoms with Gasteiger partial charge in [-0.05, 0) is 17.6 Å². The molecule has 1 aromatic rings. The molecule has 0 aliphatic heterocycles. The Morgan fingerprint density at radius 3 is 2.79 bits per heavy atom. The van der Waals surface area contributed by atoms with Crippen LogP contribution in [0.5, 0.6) is 0 Å². The number of methoxy groups -OCH3 is 1. The summed E-state index contributed by atoms with van der Waals surface area (Å²) in [5.74, 6) is -0.502. The molecule has 0 spiro atoms. The molecule has 4 nitrogen and oxygen atoms in total. The van der Waals surface area contributed by atoms with Crippen LogP contribution < -0.4 is 5.46 Å². The van der Waals surface area contributed by atoms with E-state index in [1.54, 1.807) is 0 Å². The number of carbonyl (C=O) groups is 2. The second-order valence-electron chi connectivity index (χ2n) is 2.68. The van der Waals surface area contributed by atoms with Gasteiger partial charge in [-0.2, -0.15) is 0 Å². The van der Waals surface area contributed by atoms with Gasteiger partial charge in [0.2, 0.25) is 0 Å². The summed E-state index contributed by atoms with van der Waals surface area (Å²) < 4.78 is 4.49. The van der Waals surface area contributed by atoms with Crippen molar-refractivity contribution in [3.05, 3.63) is 29.3 Å². The number of carbonyl (C=O) groups excluding carboxylic acids is 2. The van der Waals surface area contributed by atoms with E-state index in [2.05, 4.69) is 4.74 Å². The summed E-state index contributed by atoms with van der Waals surface area (Å²) in [4.78, 5) is 21.7. The monoisotopic (exact) mass is 192 g/mol. The third-order valence-corrected chi connectivity index (χ3v) is 1.86. The second-order valence-corrected chi connectivity index (χ2v) is 2.68. The Kier molecular flexibility index (Phi) is 3.42. The first-order valence-electron chi connectivity index (χ1n) is 4.00. The Balaban J connectivity index is 3.13. The molecule has 14 heavy (non-hydrogen) atoms. The lowest BCUT2D eigenvalue weighted by Crippen LogP contribution is -2.19. The number of hydrogen-bond donors (Lipinski definition) is 1. The molecule has 1 rings (SSSR count). The number of aldehydes is 1. The van der Waals surface area contributed by atoms with Crippen molar-refractivity contribution in [1.29, 1.82) is 0 Å². The maximum absolute atomic E-state index is 11.1. The van der Waals surface area contributed by atoms with E-state index < -0.39 is 5.97 Å². The molecule has 0 saturated carbocycles. The van der Waals surface area contributed by atoms with Crippen LogP contribution in [-0.4, -0.2) is 31.9 Å². The summed E-state index contributed by atoms with van der Waals surface area (Å²) in [6, 6.07) is 4.42. The summed E-state index contributed by atoms with van der Waals surface area (Å²) in [5.41, 5.74) is 1.09. The van der Waals surface area contributed by atoms with Crippen LogP contribution in [0, 0.1) is 0 Å². The van der Waals surface area contributed by atoms with Crippen LogP contribution in [0.2, 0.25) is 0 Å². The lowest BCUT2D eigenvalue weighted by molar-refractivity contribution is 0.0601. The van der Waals surface area contributed by atoms with E-state index in [4.69, 9.17) is 5.02 Å². The number of ether oxygens (including phenoxy) is 1. The standard InChI is InChI=1S/C9H9BO4/c1-14-9(12)6-2-3-8(10-13)7(4-6)5-11/h2-5,10,13H,1H3. The average Bonchev–Trinajstić information content (AvgIpc) is 2.26. The molecule has 0 saturated heterocycles. The number of esters is 1. The van der Waals surface area contributed by atoms with Crippen LogP contribution in [0.4, 0.5) is 0 Å². The quantitative estimate of drug-likeness (QED) is 0.389. The molecule has 5 heteroatoms. The van der Waals surface area contributed by atoms with Gasteiger partial charge in [0.05, 0.1) is 12.7 Å². The summed E-state index contributed by atoms with van der Waals surface area (Å²) >= 11 is 0. The highest BCUT2D eigenvalue weighted by atomic mass is 16.5. The zero-order valence-corrected chi connectivity index (χ0v) is 7.69. The van der Waals surface area contributed by atoms with E-state index >= 15 is 0 Å². The molecule has 0 radical (unpaired) electrons. The van der Waals surface area contributed by atoms with E-state index in [1.165, 1.54) is 25.3 Å². The van der Waals surface area contributed by atoms with Gasteiger partial charge in [0.15, 0.2) is 0 Å². The Bertz CT molecular complexity index is 362. The van der Waals surface area contributed by atoms with Gasteiger partial charge in [-0.25, -0.2) is 4.79 Å². The molecule has 0 bridgehead atoms. The normalized spacial score (nSPS) is 9.29. The molecule has 0 atom stereocenters. The first-order valence-corrected chi connectivity index (χ1v) is 4.00. The van der Waals surface area contributed by atoms with E-state index in [9.17, 15) is 9.59 Å². The van der Waals surface area contributed by atoms with Crippen LogP contribution in [0.1, 0.15) is 20.7 Å². The summed E-state index contributed by atoms with van der Waals surface area (Å²) in [5, 5.41) is 8.86. The van der Waals surface area contributed by atoms with Crippen LogP contribution in [0.25, 0.3) is 0 Å². The minimum absolute atomic E-state index is 0.227. The second kappa shape index (κ2) is 4.57. The highest BCUT2D eigenvalue weighted by Crippen LogP contribution is 2.02. The largest absolute Gasteiger partial charge is 0.465 e. The molecule has 1 N–H and O–H groups in total. The first-order chi connectivity index (χ1) is 6.72. The van der Waals surface area contributed by atoms with E-state index in [1.807, 2.05) is 0 Å². The molecule has 0 aromatic heterocycles. The number of hydrogen-bond acceptors (Lipinski definition) is 4. The molecular weight excluding hydrogens is 183 g/mol. The molecule has 0 amide bonds. The van der Waals surface area contributed by atoms with Crippen LogP contribution in [-0.2, 0) is 4.74 Å². The van der Waals surface area contributed by atoms with Gasteiger partial charge in [0.25, 0.3) is 0 Å². The number of rotatable bonds is 3. The van der Waals surface area contributed by atoms with Crippen LogP contribution >= 0.6 is 0 Å². The third-order valence-electron chi connectivity index (χ3n) is 1.86. The minimum Gasteiger partial charge on any atom is -0.465 e. The fraction of sp³-hybridized carbons (Fsp3) is 0.111. The fourth-order valence-electron chi connectivity index (χ4n) is 1.09. The Labute approximate surface area is 81.8 Å². The van der Waals surface area contributed by atoms with Gasteiger partial charge in [-0.15, -0.1) is 0 Å². The predicted octanol–water partition coefficient (Wildman–Crippen LogP) is -0.745. The fourth-order valence-corrected chi connectivity index (χ4v) is 1.09. The third kappa shape index (κ3) is 2.00. The van der Waals surface area contributed by atoms with Crippen molar-refractivity contribution in [1.82, 2.24) is 0 Å². The first kappa shape index (κ1) is 10.5.